The van der Waals surface area contributed by atoms with Crippen molar-refractivity contribution in [1.29, 1.82) is 0 Å². The minimum atomic E-state index is -4.71. The summed E-state index contributed by atoms with van der Waals surface area (Å²) in [5.41, 5.74) is 5.34. The van der Waals surface area contributed by atoms with Gasteiger partial charge in [0.05, 0.1) is 13.2 Å². The van der Waals surface area contributed by atoms with Crippen LogP contribution < -0.4 is 5.73 Å². The summed E-state index contributed by atoms with van der Waals surface area (Å²) in [6.45, 7) is 2.83. The SMILES string of the molecule is CCCCCCCC/C=C\CCCCCCCCCC(=O)OC[C@H](COP(=O)(O)OC[C@H](N)C(=O)O)OC(=O)CCCCCCCCCCCCCCCCCC. The van der Waals surface area contributed by atoms with Gasteiger partial charge in [0.1, 0.15) is 12.6 Å². The van der Waals surface area contributed by atoms with Crippen molar-refractivity contribution in [1.82, 2.24) is 0 Å². The van der Waals surface area contributed by atoms with Crippen molar-refractivity contribution in [3.63, 3.8) is 0 Å². The van der Waals surface area contributed by atoms with Gasteiger partial charge in [0.25, 0.3) is 0 Å². The highest BCUT2D eigenvalue weighted by molar-refractivity contribution is 7.47. The average molecular weight is 832 g/mol. The molecule has 1 unspecified atom stereocenters. The molecule has 0 aliphatic rings. The lowest BCUT2D eigenvalue weighted by atomic mass is 10.0. The fraction of sp³-hybridized carbons (Fsp3) is 0.889. The number of rotatable bonds is 44. The molecule has 11 nitrogen and oxygen atoms in total. The number of ether oxygens (including phenoxy) is 2. The highest BCUT2D eigenvalue weighted by atomic mass is 31.2. The number of esters is 2. The molecule has 57 heavy (non-hydrogen) atoms. The number of hydrogen-bond acceptors (Lipinski definition) is 9. The van der Waals surface area contributed by atoms with Gasteiger partial charge in [-0.25, -0.2) is 4.57 Å². The van der Waals surface area contributed by atoms with Gasteiger partial charge >= 0.3 is 25.7 Å². The number of phosphoric acid groups is 1. The van der Waals surface area contributed by atoms with Gasteiger partial charge in [-0.2, -0.15) is 0 Å². The van der Waals surface area contributed by atoms with Gasteiger partial charge in [0, 0.05) is 12.8 Å². The zero-order valence-corrected chi connectivity index (χ0v) is 37.3. The number of allylic oxidation sites excluding steroid dienone is 2. The Morgan fingerprint density at radius 2 is 0.877 bits per heavy atom. The van der Waals surface area contributed by atoms with Crippen LogP contribution in [0.5, 0.6) is 0 Å². The minimum absolute atomic E-state index is 0.166. The van der Waals surface area contributed by atoms with Gasteiger partial charge in [-0.1, -0.05) is 187 Å². The van der Waals surface area contributed by atoms with E-state index >= 15 is 0 Å². The number of carbonyl (C=O) groups excluding carboxylic acids is 2. The fourth-order valence-electron chi connectivity index (χ4n) is 6.59. The quantitative estimate of drug-likeness (QED) is 0.0231. The molecule has 0 rings (SSSR count). The molecule has 0 heterocycles. The standard InChI is InChI=1S/C45H86NO10P/c1-3-5-7-9-11-13-15-17-19-21-23-24-26-28-30-32-34-36-43(47)53-38-41(39-54-57(51,52)55-40-42(46)45(49)50)56-44(48)37-35-33-31-29-27-25-22-20-18-16-14-12-10-8-6-4-2/h17,19,41-42H,3-16,18,20-40,46H2,1-2H3,(H,49,50)(H,51,52)/b19-17-/t41-,42+/m1/s1. The molecule has 4 N–H and O–H groups in total. The smallest absolute Gasteiger partial charge is 0.472 e. The zero-order chi connectivity index (χ0) is 42.1. The molecule has 0 radical (unpaired) electrons. The largest absolute Gasteiger partial charge is 0.480 e. The monoisotopic (exact) mass is 832 g/mol. The Morgan fingerprint density at radius 3 is 1.28 bits per heavy atom. The molecule has 0 saturated carbocycles. The molecule has 0 aromatic rings. The molecule has 0 spiro atoms. The van der Waals surface area contributed by atoms with Crippen LogP contribution in [-0.4, -0.2) is 59.9 Å². The molecule has 0 aromatic carbocycles. The van der Waals surface area contributed by atoms with Gasteiger partial charge in [-0.3, -0.25) is 23.4 Å². The lowest BCUT2D eigenvalue weighted by Crippen LogP contribution is -2.34. The summed E-state index contributed by atoms with van der Waals surface area (Å²) in [5, 5.41) is 8.90. The van der Waals surface area contributed by atoms with Crippen molar-refractivity contribution >= 4 is 25.7 Å². The molecule has 0 aliphatic carbocycles. The van der Waals surface area contributed by atoms with Crippen molar-refractivity contribution in [3.05, 3.63) is 12.2 Å². The van der Waals surface area contributed by atoms with E-state index in [9.17, 15) is 23.8 Å². The summed E-state index contributed by atoms with van der Waals surface area (Å²) >= 11 is 0. The first kappa shape index (κ1) is 55.2. The summed E-state index contributed by atoms with van der Waals surface area (Å²) in [4.78, 5) is 46.0. The zero-order valence-electron chi connectivity index (χ0n) is 36.5. The Kier molecular flexibility index (Phi) is 39.7. The number of nitrogens with two attached hydrogens (primary N) is 1. The molecule has 0 saturated heterocycles. The van der Waals surface area contributed by atoms with E-state index in [0.29, 0.717) is 12.8 Å². The van der Waals surface area contributed by atoms with Crippen LogP contribution in [0.3, 0.4) is 0 Å². The van der Waals surface area contributed by atoms with Crippen LogP contribution in [0.15, 0.2) is 12.2 Å². The number of aliphatic carboxylic acids is 1. The minimum Gasteiger partial charge on any atom is -0.480 e. The van der Waals surface area contributed by atoms with Crippen LogP contribution in [0, 0.1) is 0 Å². The molecule has 0 fully saturated rings. The van der Waals surface area contributed by atoms with Gasteiger partial charge in [-0.05, 0) is 38.5 Å². The first-order chi connectivity index (χ1) is 27.6. The summed E-state index contributed by atoms with van der Waals surface area (Å²) < 4.78 is 32.8. The second-order valence-corrected chi connectivity index (χ2v) is 17.3. The van der Waals surface area contributed by atoms with Crippen molar-refractivity contribution < 1.29 is 47.5 Å². The first-order valence-corrected chi connectivity index (χ1v) is 24.7. The predicted molar refractivity (Wildman–Crippen MR) is 231 cm³/mol. The Labute approximate surface area is 348 Å². The lowest BCUT2D eigenvalue weighted by Gasteiger charge is -2.20. The predicted octanol–water partition coefficient (Wildman–Crippen LogP) is 12.5. The van der Waals surface area contributed by atoms with E-state index in [1.165, 1.54) is 141 Å². The normalized spacial score (nSPS) is 13.8. The van der Waals surface area contributed by atoms with Gasteiger partial charge in [0.15, 0.2) is 6.10 Å². The van der Waals surface area contributed by atoms with Crippen LogP contribution in [0.1, 0.15) is 226 Å². The summed E-state index contributed by atoms with van der Waals surface area (Å²) in [6.07, 6.45) is 41.2. The number of carboxylic acid groups (broad SMARTS) is 1. The molecule has 0 amide bonds. The van der Waals surface area contributed by atoms with E-state index in [-0.39, 0.29) is 19.4 Å². The average Bonchev–Trinajstić information content (AvgIpc) is 3.19. The van der Waals surface area contributed by atoms with E-state index in [2.05, 4.69) is 30.5 Å². The topological polar surface area (TPSA) is 172 Å². The maximum atomic E-state index is 12.6. The summed E-state index contributed by atoms with van der Waals surface area (Å²) in [7, 11) is -4.71. The Hall–Kier alpha value is -1.78. The van der Waals surface area contributed by atoms with Crippen LogP contribution >= 0.6 is 7.82 Å². The number of unbranched alkanes of at least 4 members (excludes halogenated alkanes) is 28. The van der Waals surface area contributed by atoms with Gasteiger partial charge in [-0.15, -0.1) is 0 Å². The second kappa shape index (κ2) is 41.0. The molecule has 0 aliphatic heterocycles. The Bertz CT molecular complexity index is 1030. The molecular formula is C45H86NO10P. The number of carboxylic acids is 1. The highest BCUT2D eigenvalue weighted by Crippen LogP contribution is 2.43. The maximum absolute atomic E-state index is 12.6. The number of hydrogen-bond donors (Lipinski definition) is 3. The van der Waals surface area contributed by atoms with Gasteiger partial charge in [0.2, 0.25) is 0 Å². The Balaban J connectivity index is 4.30. The van der Waals surface area contributed by atoms with Crippen molar-refractivity contribution in [3.8, 4) is 0 Å². The number of phosphoric ester groups is 1. The van der Waals surface area contributed by atoms with E-state index in [1.807, 2.05) is 0 Å². The maximum Gasteiger partial charge on any atom is 0.472 e. The first-order valence-electron chi connectivity index (χ1n) is 23.2. The van der Waals surface area contributed by atoms with Crippen molar-refractivity contribution in [2.24, 2.45) is 5.73 Å². The number of carbonyl (C=O) groups is 3. The van der Waals surface area contributed by atoms with E-state index in [4.69, 9.17) is 24.8 Å². The van der Waals surface area contributed by atoms with Crippen LogP contribution in [0.4, 0.5) is 0 Å². The molecular weight excluding hydrogens is 745 g/mol. The van der Waals surface area contributed by atoms with Crippen LogP contribution in [0.25, 0.3) is 0 Å². The highest BCUT2D eigenvalue weighted by Gasteiger charge is 2.28. The second-order valence-electron chi connectivity index (χ2n) is 15.9. The molecule has 336 valence electrons. The van der Waals surface area contributed by atoms with Crippen LogP contribution in [0.2, 0.25) is 0 Å². The molecule has 0 aromatic heterocycles. The third kappa shape index (κ3) is 40.8. The van der Waals surface area contributed by atoms with Crippen molar-refractivity contribution in [2.75, 3.05) is 19.8 Å². The third-order valence-electron chi connectivity index (χ3n) is 10.3. The molecule has 12 heteroatoms. The van der Waals surface area contributed by atoms with E-state index < -0.39 is 51.1 Å². The summed E-state index contributed by atoms with van der Waals surface area (Å²) in [6, 6.07) is -1.52. The van der Waals surface area contributed by atoms with Gasteiger partial charge < -0.3 is 25.2 Å². The fourth-order valence-corrected chi connectivity index (χ4v) is 7.37. The van der Waals surface area contributed by atoms with E-state index in [1.54, 1.807) is 0 Å². The molecule has 0 bridgehead atoms. The molecule has 3 atom stereocenters. The lowest BCUT2D eigenvalue weighted by molar-refractivity contribution is -0.161. The summed E-state index contributed by atoms with van der Waals surface area (Å²) in [5.74, 6) is -2.37. The third-order valence-corrected chi connectivity index (χ3v) is 11.2. The van der Waals surface area contributed by atoms with Crippen LogP contribution in [-0.2, 0) is 37.5 Å². The Morgan fingerprint density at radius 1 is 0.526 bits per heavy atom. The van der Waals surface area contributed by atoms with Crippen molar-refractivity contribution in [2.45, 2.75) is 238 Å². The van der Waals surface area contributed by atoms with E-state index in [0.717, 1.165) is 44.9 Å².